The van der Waals surface area contributed by atoms with E-state index in [9.17, 15) is 9.59 Å². The van der Waals surface area contributed by atoms with Crippen LogP contribution in [0.15, 0.2) is 42.5 Å². The van der Waals surface area contributed by atoms with Crippen LogP contribution in [-0.2, 0) is 27.2 Å². The number of esters is 1. The van der Waals surface area contributed by atoms with Gasteiger partial charge in [-0.25, -0.2) is 0 Å². The second-order valence-electron chi connectivity index (χ2n) is 5.83. The molecule has 0 atom stereocenters. The minimum atomic E-state index is -0.408. The standard InChI is InChI=1S/C20H23NO3/c1-4-17-7-5-6-15(3)20(17)21-18(22)13-24-19(23)12-16-10-8-14(2)9-11-16/h5-11H,4,12-13H2,1-3H3,(H,21,22). The van der Waals surface area contributed by atoms with Gasteiger partial charge < -0.3 is 10.1 Å². The first-order chi connectivity index (χ1) is 11.5. The van der Waals surface area contributed by atoms with E-state index < -0.39 is 5.97 Å². The molecular formula is C20H23NO3. The first kappa shape index (κ1) is 17.7. The maximum absolute atomic E-state index is 12.0. The topological polar surface area (TPSA) is 55.4 Å². The van der Waals surface area contributed by atoms with E-state index in [1.165, 1.54) is 0 Å². The Morgan fingerprint density at radius 2 is 1.75 bits per heavy atom. The van der Waals surface area contributed by atoms with E-state index in [1.54, 1.807) is 0 Å². The molecule has 126 valence electrons. The van der Waals surface area contributed by atoms with Crippen LogP contribution >= 0.6 is 0 Å². The number of hydrogen-bond donors (Lipinski definition) is 1. The molecule has 0 saturated carbocycles. The lowest BCUT2D eigenvalue weighted by molar-refractivity contribution is -0.146. The first-order valence-corrected chi connectivity index (χ1v) is 8.09. The summed E-state index contributed by atoms with van der Waals surface area (Å²) < 4.78 is 5.07. The van der Waals surface area contributed by atoms with Gasteiger partial charge in [-0.05, 0) is 37.0 Å². The van der Waals surface area contributed by atoms with Crippen molar-refractivity contribution in [2.45, 2.75) is 33.6 Å². The SMILES string of the molecule is CCc1cccc(C)c1NC(=O)COC(=O)Cc1ccc(C)cc1. The van der Waals surface area contributed by atoms with Gasteiger partial charge in [-0.15, -0.1) is 0 Å². The molecule has 4 nitrogen and oxygen atoms in total. The maximum Gasteiger partial charge on any atom is 0.310 e. The minimum Gasteiger partial charge on any atom is -0.455 e. The van der Waals surface area contributed by atoms with Crippen LogP contribution in [-0.4, -0.2) is 18.5 Å². The number of ether oxygens (including phenoxy) is 1. The number of carbonyl (C=O) groups is 2. The van der Waals surface area contributed by atoms with Gasteiger partial charge in [0.2, 0.25) is 0 Å². The van der Waals surface area contributed by atoms with Crippen LogP contribution in [0.2, 0.25) is 0 Å². The number of rotatable bonds is 6. The monoisotopic (exact) mass is 325 g/mol. The van der Waals surface area contributed by atoms with Gasteiger partial charge in [0.25, 0.3) is 5.91 Å². The van der Waals surface area contributed by atoms with Crippen molar-refractivity contribution in [3.05, 3.63) is 64.7 Å². The molecule has 0 aliphatic rings. The van der Waals surface area contributed by atoms with Gasteiger partial charge in [-0.1, -0.05) is 55.0 Å². The van der Waals surface area contributed by atoms with E-state index >= 15 is 0 Å². The lowest BCUT2D eigenvalue weighted by Gasteiger charge is -2.13. The molecule has 0 saturated heterocycles. The maximum atomic E-state index is 12.0. The Morgan fingerprint density at radius 3 is 2.42 bits per heavy atom. The molecule has 0 aromatic heterocycles. The van der Waals surface area contributed by atoms with Gasteiger partial charge in [0.1, 0.15) is 0 Å². The summed E-state index contributed by atoms with van der Waals surface area (Å²) in [7, 11) is 0. The fraction of sp³-hybridized carbons (Fsp3) is 0.300. The molecule has 24 heavy (non-hydrogen) atoms. The van der Waals surface area contributed by atoms with E-state index in [-0.39, 0.29) is 18.9 Å². The van der Waals surface area contributed by atoms with E-state index in [1.807, 2.05) is 63.2 Å². The van der Waals surface area contributed by atoms with Crippen LogP contribution in [0.3, 0.4) is 0 Å². The molecule has 2 aromatic carbocycles. The minimum absolute atomic E-state index is 0.165. The van der Waals surface area contributed by atoms with Crippen molar-refractivity contribution in [2.24, 2.45) is 0 Å². The summed E-state index contributed by atoms with van der Waals surface area (Å²) in [4.78, 5) is 23.9. The second kappa shape index (κ2) is 8.29. The number of amides is 1. The molecule has 0 unspecified atom stereocenters. The number of hydrogen-bond acceptors (Lipinski definition) is 3. The zero-order valence-corrected chi connectivity index (χ0v) is 14.4. The highest BCUT2D eigenvalue weighted by atomic mass is 16.5. The zero-order valence-electron chi connectivity index (χ0n) is 14.4. The van der Waals surface area contributed by atoms with E-state index in [2.05, 4.69) is 5.32 Å². The lowest BCUT2D eigenvalue weighted by Crippen LogP contribution is -2.22. The molecular weight excluding hydrogens is 302 g/mol. The number of nitrogens with one attached hydrogen (secondary N) is 1. The van der Waals surface area contributed by atoms with Crippen molar-refractivity contribution >= 4 is 17.6 Å². The van der Waals surface area contributed by atoms with Gasteiger partial charge in [0.05, 0.1) is 6.42 Å². The molecule has 0 bridgehead atoms. The van der Waals surface area contributed by atoms with Crippen molar-refractivity contribution in [1.29, 1.82) is 0 Å². The van der Waals surface area contributed by atoms with Crippen LogP contribution in [0.1, 0.15) is 29.2 Å². The summed E-state index contributed by atoms with van der Waals surface area (Å²) >= 11 is 0. The predicted molar refractivity (Wildman–Crippen MR) is 95.0 cm³/mol. The molecule has 0 spiro atoms. The van der Waals surface area contributed by atoms with Crippen LogP contribution in [0.25, 0.3) is 0 Å². The van der Waals surface area contributed by atoms with Crippen molar-refractivity contribution in [3.8, 4) is 0 Å². The van der Waals surface area contributed by atoms with Crippen LogP contribution in [0.4, 0.5) is 5.69 Å². The van der Waals surface area contributed by atoms with Gasteiger partial charge in [-0.2, -0.15) is 0 Å². The molecule has 0 fully saturated rings. The third-order valence-electron chi connectivity index (χ3n) is 3.84. The number of benzene rings is 2. The molecule has 4 heteroatoms. The summed E-state index contributed by atoms with van der Waals surface area (Å²) in [6, 6.07) is 13.5. The van der Waals surface area contributed by atoms with E-state index in [0.29, 0.717) is 0 Å². The molecule has 2 aromatic rings. The largest absolute Gasteiger partial charge is 0.455 e. The Hall–Kier alpha value is -2.62. The van der Waals surface area contributed by atoms with Gasteiger partial charge in [-0.3, -0.25) is 9.59 Å². The molecule has 2 rings (SSSR count). The molecule has 0 heterocycles. The normalized spacial score (nSPS) is 10.3. The fourth-order valence-corrected chi connectivity index (χ4v) is 2.45. The molecule has 0 aliphatic carbocycles. The summed E-state index contributed by atoms with van der Waals surface area (Å²) in [5, 5.41) is 2.84. The van der Waals surface area contributed by atoms with Crippen molar-refractivity contribution < 1.29 is 14.3 Å². The van der Waals surface area contributed by atoms with Gasteiger partial charge in [0.15, 0.2) is 6.61 Å². The lowest BCUT2D eigenvalue weighted by atomic mass is 10.1. The second-order valence-corrected chi connectivity index (χ2v) is 5.83. The average molecular weight is 325 g/mol. The number of aryl methyl sites for hydroxylation is 3. The molecule has 0 aliphatic heterocycles. The van der Waals surface area contributed by atoms with Crippen molar-refractivity contribution in [3.63, 3.8) is 0 Å². The van der Waals surface area contributed by atoms with E-state index in [4.69, 9.17) is 4.74 Å². The first-order valence-electron chi connectivity index (χ1n) is 8.09. The van der Waals surface area contributed by atoms with E-state index in [0.717, 1.165) is 34.4 Å². The predicted octanol–water partition coefficient (Wildman–Crippen LogP) is 3.59. The summed E-state index contributed by atoms with van der Waals surface area (Å²) in [5.41, 5.74) is 4.87. The van der Waals surface area contributed by atoms with Gasteiger partial charge >= 0.3 is 5.97 Å². The number of para-hydroxylation sites is 1. The number of carbonyl (C=O) groups excluding carboxylic acids is 2. The third-order valence-corrected chi connectivity index (χ3v) is 3.84. The molecule has 1 N–H and O–H groups in total. The summed E-state index contributed by atoms with van der Waals surface area (Å²) in [6.45, 7) is 5.69. The summed E-state index contributed by atoms with van der Waals surface area (Å²) in [6.07, 6.45) is 0.989. The number of anilines is 1. The van der Waals surface area contributed by atoms with Gasteiger partial charge in [0, 0.05) is 5.69 Å². The summed E-state index contributed by atoms with van der Waals surface area (Å²) in [5.74, 6) is -0.731. The third kappa shape index (κ3) is 4.95. The van der Waals surface area contributed by atoms with Crippen molar-refractivity contribution in [1.82, 2.24) is 0 Å². The Bertz CT molecular complexity index is 720. The molecule has 0 radical (unpaired) electrons. The van der Waals surface area contributed by atoms with Crippen LogP contribution in [0, 0.1) is 13.8 Å². The molecule has 1 amide bonds. The van der Waals surface area contributed by atoms with Crippen LogP contribution in [0.5, 0.6) is 0 Å². The highest BCUT2D eigenvalue weighted by Crippen LogP contribution is 2.20. The quantitative estimate of drug-likeness (QED) is 0.826. The van der Waals surface area contributed by atoms with Crippen molar-refractivity contribution in [2.75, 3.05) is 11.9 Å². The Kier molecular flexibility index (Phi) is 6.13. The fourth-order valence-electron chi connectivity index (χ4n) is 2.45. The average Bonchev–Trinajstić information content (AvgIpc) is 2.57. The zero-order chi connectivity index (χ0) is 17.5. The Labute approximate surface area is 142 Å². The highest BCUT2D eigenvalue weighted by Gasteiger charge is 2.11. The Balaban J connectivity index is 1.87. The smallest absolute Gasteiger partial charge is 0.310 e. The van der Waals surface area contributed by atoms with Crippen LogP contribution < -0.4 is 5.32 Å². The Morgan fingerprint density at radius 1 is 1.04 bits per heavy atom. The highest BCUT2D eigenvalue weighted by molar-refractivity contribution is 5.94.